The molecular weight excluding hydrogens is 317 g/mol. The monoisotopic (exact) mass is 325 g/mol. The van der Waals surface area contributed by atoms with Crippen molar-refractivity contribution < 1.29 is 9.59 Å². The van der Waals surface area contributed by atoms with Crippen LogP contribution in [0.4, 0.5) is 11.6 Å². The predicted octanol–water partition coefficient (Wildman–Crippen LogP) is 2.11. The summed E-state index contributed by atoms with van der Waals surface area (Å²) in [5.41, 5.74) is 0.377. The molecule has 2 aromatic rings. The summed E-state index contributed by atoms with van der Waals surface area (Å²) in [4.78, 5) is 27.8. The highest BCUT2D eigenvalue weighted by Crippen LogP contribution is 2.28. The number of nitrogens with one attached hydrogen (secondary N) is 2. The van der Waals surface area contributed by atoms with E-state index < -0.39 is 11.9 Å². The van der Waals surface area contributed by atoms with Gasteiger partial charge in [-0.15, -0.1) is 0 Å². The van der Waals surface area contributed by atoms with Gasteiger partial charge in [0.1, 0.15) is 12.4 Å². The molecule has 3 rings (SSSR count). The Labute approximate surface area is 129 Å². The maximum Gasteiger partial charge on any atom is 0.249 e. The molecular formula is C12H9Cl2N5O2. The van der Waals surface area contributed by atoms with Crippen LogP contribution < -0.4 is 10.6 Å². The van der Waals surface area contributed by atoms with Crippen LogP contribution in [-0.4, -0.2) is 26.6 Å². The van der Waals surface area contributed by atoms with E-state index in [0.29, 0.717) is 15.7 Å². The Morgan fingerprint density at radius 3 is 3.05 bits per heavy atom. The fourth-order valence-electron chi connectivity index (χ4n) is 2.02. The number of rotatable bonds is 2. The lowest BCUT2D eigenvalue weighted by molar-refractivity contribution is -0.125. The lowest BCUT2D eigenvalue weighted by atomic mass is 10.1. The van der Waals surface area contributed by atoms with Crippen LogP contribution in [0.15, 0.2) is 24.5 Å². The van der Waals surface area contributed by atoms with Gasteiger partial charge in [-0.25, -0.2) is 4.68 Å². The van der Waals surface area contributed by atoms with Crippen molar-refractivity contribution in [3.8, 4) is 0 Å². The van der Waals surface area contributed by atoms with Crippen molar-refractivity contribution in [3.63, 3.8) is 0 Å². The van der Waals surface area contributed by atoms with E-state index >= 15 is 0 Å². The van der Waals surface area contributed by atoms with Crippen molar-refractivity contribution in [2.45, 2.75) is 12.5 Å². The number of anilines is 2. The highest BCUT2D eigenvalue weighted by Gasteiger charge is 2.32. The number of nitrogens with zero attached hydrogens (tertiary/aromatic N) is 3. The van der Waals surface area contributed by atoms with Gasteiger partial charge in [0.2, 0.25) is 17.8 Å². The Kier molecular flexibility index (Phi) is 3.52. The van der Waals surface area contributed by atoms with Gasteiger partial charge in [-0.05, 0) is 18.2 Å². The molecule has 0 saturated carbocycles. The van der Waals surface area contributed by atoms with Crippen LogP contribution >= 0.6 is 23.2 Å². The second-order valence-electron chi connectivity index (χ2n) is 4.41. The van der Waals surface area contributed by atoms with Gasteiger partial charge >= 0.3 is 0 Å². The number of fused-ring (bicyclic) bond motifs is 1. The van der Waals surface area contributed by atoms with Gasteiger partial charge in [0.25, 0.3) is 0 Å². The number of hydrogen-bond donors (Lipinski definition) is 2. The van der Waals surface area contributed by atoms with Crippen molar-refractivity contribution in [2.24, 2.45) is 0 Å². The Hall–Kier alpha value is -2.12. The highest BCUT2D eigenvalue weighted by atomic mass is 35.5. The van der Waals surface area contributed by atoms with E-state index in [9.17, 15) is 9.59 Å². The van der Waals surface area contributed by atoms with Crippen LogP contribution in [0, 0.1) is 0 Å². The second kappa shape index (κ2) is 5.34. The molecule has 2 amide bonds. The molecule has 0 saturated heterocycles. The van der Waals surface area contributed by atoms with Gasteiger partial charge in [0, 0.05) is 5.02 Å². The van der Waals surface area contributed by atoms with Gasteiger partial charge in [0.15, 0.2) is 0 Å². The van der Waals surface area contributed by atoms with E-state index in [4.69, 9.17) is 23.2 Å². The standard InChI is InChI=1S/C12H9Cl2N5O2/c13-6-1-2-7(14)8(3-6)17-11(21)9-4-10(20)18-12-15-5-16-19(9)12/h1-3,5,9H,4H2,(H,17,21)(H,15,16,18,20)/t9-/m1/s1. The van der Waals surface area contributed by atoms with Gasteiger partial charge in [-0.1, -0.05) is 23.2 Å². The van der Waals surface area contributed by atoms with E-state index in [-0.39, 0.29) is 18.3 Å². The van der Waals surface area contributed by atoms with Gasteiger partial charge in [0.05, 0.1) is 17.1 Å². The SMILES string of the molecule is O=C1C[C@H](C(=O)Nc2cc(Cl)ccc2Cl)n2ncnc2N1. The van der Waals surface area contributed by atoms with Crippen LogP contribution in [0.5, 0.6) is 0 Å². The molecule has 1 aliphatic heterocycles. The van der Waals surface area contributed by atoms with Gasteiger partial charge < -0.3 is 5.32 Å². The maximum absolute atomic E-state index is 12.4. The predicted molar refractivity (Wildman–Crippen MR) is 77.4 cm³/mol. The largest absolute Gasteiger partial charge is 0.323 e. The first-order chi connectivity index (χ1) is 10.0. The highest BCUT2D eigenvalue weighted by molar-refractivity contribution is 6.35. The average Bonchev–Trinajstić information content (AvgIpc) is 2.89. The molecule has 0 bridgehead atoms. The van der Waals surface area contributed by atoms with Crippen LogP contribution in [0.2, 0.25) is 10.0 Å². The fraction of sp³-hybridized carbons (Fsp3) is 0.167. The topological polar surface area (TPSA) is 88.9 Å². The molecule has 7 nitrogen and oxygen atoms in total. The molecule has 0 radical (unpaired) electrons. The molecule has 1 aliphatic rings. The van der Waals surface area contributed by atoms with Crippen LogP contribution in [0.1, 0.15) is 12.5 Å². The molecule has 1 aromatic heterocycles. The van der Waals surface area contributed by atoms with Gasteiger partial charge in [-0.3, -0.25) is 14.9 Å². The Balaban J connectivity index is 1.86. The maximum atomic E-state index is 12.4. The minimum Gasteiger partial charge on any atom is -0.323 e. The zero-order valence-corrected chi connectivity index (χ0v) is 12.0. The summed E-state index contributed by atoms with van der Waals surface area (Å²) in [6, 6.07) is 3.94. The third-order valence-electron chi connectivity index (χ3n) is 2.99. The van der Waals surface area contributed by atoms with E-state index in [1.165, 1.54) is 17.1 Å². The summed E-state index contributed by atoms with van der Waals surface area (Å²) in [7, 11) is 0. The fourth-order valence-corrected chi connectivity index (χ4v) is 2.36. The summed E-state index contributed by atoms with van der Waals surface area (Å²) >= 11 is 11.9. The van der Waals surface area contributed by atoms with Crippen molar-refractivity contribution >= 4 is 46.7 Å². The molecule has 0 spiro atoms. The number of carbonyl (C=O) groups excluding carboxylic acids is 2. The molecule has 9 heteroatoms. The summed E-state index contributed by atoms with van der Waals surface area (Å²) in [5.74, 6) is -0.475. The van der Waals surface area contributed by atoms with Crippen LogP contribution in [0.3, 0.4) is 0 Å². The quantitative estimate of drug-likeness (QED) is 0.884. The van der Waals surface area contributed by atoms with E-state index in [0.717, 1.165) is 0 Å². The van der Waals surface area contributed by atoms with E-state index in [2.05, 4.69) is 20.7 Å². The lowest BCUT2D eigenvalue weighted by Crippen LogP contribution is -2.36. The molecule has 2 heterocycles. The number of benzene rings is 1. The first-order valence-corrected chi connectivity index (χ1v) is 6.75. The molecule has 0 aliphatic carbocycles. The average molecular weight is 326 g/mol. The summed E-state index contributed by atoms with van der Waals surface area (Å²) < 4.78 is 1.36. The van der Waals surface area contributed by atoms with Crippen molar-refractivity contribution in [1.82, 2.24) is 14.8 Å². The second-order valence-corrected chi connectivity index (χ2v) is 5.25. The van der Waals surface area contributed by atoms with E-state index in [1.807, 2.05) is 0 Å². The normalized spacial score (nSPS) is 17.0. The smallest absolute Gasteiger partial charge is 0.249 e. The lowest BCUT2D eigenvalue weighted by Gasteiger charge is -2.22. The zero-order chi connectivity index (χ0) is 15.0. The number of amides is 2. The third kappa shape index (κ3) is 2.70. The Morgan fingerprint density at radius 1 is 1.43 bits per heavy atom. The van der Waals surface area contributed by atoms with Crippen molar-refractivity contribution in [2.75, 3.05) is 10.6 Å². The minimum absolute atomic E-state index is 0.0274. The first-order valence-electron chi connectivity index (χ1n) is 6.00. The Morgan fingerprint density at radius 2 is 2.24 bits per heavy atom. The summed E-state index contributed by atoms with van der Waals surface area (Å²) in [5, 5.41) is 9.92. The van der Waals surface area contributed by atoms with Crippen molar-refractivity contribution in [3.05, 3.63) is 34.6 Å². The molecule has 2 N–H and O–H groups in total. The number of carbonyl (C=O) groups is 2. The van der Waals surface area contributed by atoms with Crippen molar-refractivity contribution in [1.29, 1.82) is 0 Å². The zero-order valence-electron chi connectivity index (χ0n) is 10.5. The first kappa shape index (κ1) is 13.8. The molecule has 108 valence electrons. The summed E-state index contributed by atoms with van der Waals surface area (Å²) in [6.07, 6.45) is 1.24. The molecule has 1 aromatic carbocycles. The van der Waals surface area contributed by atoms with Crippen LogP contribution in [0.25, 0.3) is 0 Å². The van der Waals surface area contributed by atoms with E-state index in [1.54, 1.807) is 12.1 Å². The summed E-state index contributed by atoms with van der Waals surface area (Å²) in [6.45, 7) is 0. The molecule has 1 atom stereocenters. The third-order valence-corrected chi connectivity index (χ3v) is 3.55. The van der Waals surface area contributed by atoms with Crippen LogP contribution in [-0.2, 0) is 9.59 Å². The van der Waals surface area contributed by atoms with Gasteiger partial charge in [-0.2, -0.15) is 10.1 Å². The molecule has 0 unspecified atom stereocenters. The Bertz CT molecular complexity index is 730. The number of hydrogen-bond acceptors (Lipinski definition) is 4. The molecule has 21 heavy (non-hydrogen) atoms. The molecule has 0 fully saturated rings. The number of aromatic nitrogens is 3. The number of halogens is 2. The minimum atomic E-state index is -0.786.